The van der Waals surface area contributed by atoms with Crippen LogP contribution in [-0.2, 0) is 7.05 Å². The maximum absolute atomic E-state index is 13.0. The maximum atomic E-state index is 13.0. The zero-order valence-corrected chi connectivity index (χ0v) is 12.0. The monoisotopic (exact) mass is 325 g/mol. The first-order chi connectivity index (χ1) is 10.4. The van der Waals surface area contributed by atoms with Gasteiger partial charge in [0, 0.05) is 12.6 Å². The molecule has 22 heavy (non-hydrogen) atoms. The normalized spacial score (nSPS) is 11.5. The summed E-state index contributed by atoms with van der Waals surface area (Å²) >= 11 is 6.05. The molecule has 1 aromatic carbocycles. The lowest BCUT2D eigenvalue weighted by Crippen LogP contribution is -2.07. The first kappa shape index (κ1) is 14.5. The number of nitrogens with zero attached hydrogens (tertiary/aromatic N) is 2. The van der Waals surface area contributed by atoms with Gasteiger partial charge in [-0.25, -0.2) is 8.78 Å². The van der Waals surface area contributed by atoms with Crippen LogP contribution in [0.25, 0.3) is 22.3 Å². The fourth-order valence-electron chi connectivity index (χ4n) is 2.33. The lowest BCUT2D eigenvalue weighted by Gasteiger charge is -2.08. The number of hydrogen-bond donors (Lipinski definition) is 2. The number of benzene rings is 1. The van der Waals surface area contributed by atoms with E-state index >= 15 is 0 Å². The number of alkyl halides is 2. The first-order valence-electron chi connectivity index (χ1n) is 6.26. The van der Waals surface area contributed by atoms with Crippen molar-refractivity contribution in [2.45, 2.75) is 6.43 Å². The lowest BCUT2D eigenvalue weighted by molar-refractivity contribution is 0.146. The van der Waals surface area contributed by atoms with Gasteiger partial charge in [-0.3, -0.25) is 9.48 Å². The van der Waals surface area contributed by atoms with Crippen LogP contribution in [-0.4, -0.2) is 19.9 Å². The lowest BCUT2D eigenvalue weighted by atomic mass is 10.1. The maximum Gasteiger partial charge on any atom is 0.282 e. The third-order valence-electron chi connectivity index (χ3n) is 3.35. The smallest absolute Gasteiger partial charge is 0.282 e. The number of aryl methyl sites for hydroxylation is 1. The van der Waals surface area contributed by atoms with E-state index in [2.05, 4.69) is 10.1 Å². The Bertz CT molecular complexity index is 934. The van der Waals surface area contributed by atoms with Crippen molar-refractivity contribution in [3.05, 3.63) is 45.2 Å². The molecule has 0 radical (unpaired) electrons. The predicted molar refractivity (Wildman–Crippen MR) is 78.4 cm³/mol. The van der Waals surface area contributed by atoms with Crippen molar-refractivity contribution in [2.24, 2.45) is 7.05 Å². The van der Waals surface area contributed by atoms with Gasteiger partial charge in [0.2, 0.25) is 5.43 Å². The minimum absolute atomic E-state index is 0.0620. The number of halogens is 3. The third-order valence-corrected chi connectivity index (χ3v) is 3.68. The molecule has 0 aliphatic rings. The minimum atomic E-state index is -2.92. The van der Waals surface area contributed by atoms with Crippen LogP contribution in [0, 0.1) is 0 Å². The van der Waals surface area contributed by atoms with E-state index in [4.69, 9.17) is 11.6 Å². The summed E-state index contributed by atoms with van der Waals surface area (Å²) < 4.78 is 27.1. The Morgan fingerprint density at radius 2 is 2.05 bits per heavy atom. The molecule has 0 fully saturated rings. The largest absolute Gasteiger partial charge is 0.503 e. The Labute approximate surface area is 127 Å². The zero-order valence-electron chi connectivity index (χ0n) is 11.3. The SMILES string of the molecule is Cn1nc(C(F)F)c2c(=O)c(O)c(-c3ccccc3Cl)[nH]c21. The van der Waals surface area contributed by atoms with Gasteiger partial charge in [0.1, 0.15) is 11.3 Å². The molecule has 8 heteroatoms. The van der Waals surface area contributed by atoms with Gasteiger partial charge in [-0.1, -0.05) is 29.8 Å². The summed E-state index contributed by atoms with van der Waals surface area (Å²) in [7, 11) is 1.43. The van der Waals surface area contributed by atoms with Crippen LogP contribution < -0.4 is 5.43 Å². The highest BCUT2D eigenvalue weighted by Gasteiger charge is 2.24. The van der Waals surface area contributed by atoms with Crippen LogP contribution in [0.1, 0.15) is 12.1 Å². The van der Waals surface area contributed by atoms with Crippen LogP contribution >= 0.6 is 11.6 Å². The van der Waals surface area contributed by atoms with E-state index in [9.17, 15) is 18.7 Å². The summed E-state index contributed by atoms with van der Waals surface area (Å²) in [5, 5.41) is 13.7. The van der Waals surface area contributed by atoms with E-state index in [0.29, 0.717) is 10.6 Å². The van der Waals surface area contributed by atoms with Crippen LogP contribution in [0.3, 0.4) is 0 Å². The summed E-state index contributed by atoms with van der Waals surface area (Å²) in [4.78, 5) is 15.0. The van der Waals surface area contributed by atoms with Gasteiger partial charge < -0.3 is 10.1 Å². The van der Waals surface area contributed by atoms with Crippen molar-refractivity contribution in [3.63, 3.8) is 0 Å². The molecule has 5 nitrogen and oxygen atoms in total. The number of rotatable bonds is 2. The Balaban J connectivity index is 2.42. The average Bonchev–Trinajstić information content (AvgIpc) is 2.81. The highest BCUT2D eigenvalue weighted by atomic mass is 35.5. The molecule has 0 spiro atoms. The highest BCUT2D eigenvalue weighted by molar-refractivity contribution is 6.33. The second-order valence-corrected chi connectivity index (χ2v) is 5.10. The predicted octanol–water partition coefficient (Wildman–Crippen LogP) is 3.23. The van der Waals surface area contributed by atoms with Crippen molar-refractivity contribution in [1.82, 2.24) is 14.8 Å². The van der Waals surface area contributed by atoms with Crippen LogP contribution in [0.15, 0.2) is 29.1 Å². The number of nitrogens with one attached hydrogen (secondary N) is 1. The molecule has 2 aromatic heterocycles. The Morgan fingerprint density at radius 1 is 1.36 bits per heavy atom. The van der Waals surface area contributed by atoms with Gasteiger partial charge >= 0.3 is 0 Å². The van der Waals surface area contributed by atoms with E-state index in [1.807, 2.05) is 0 Å². The van der Waals surface area contributed by atoms with Crippen molar-refractivity contribution in [1.29, 1.82) is 0 Å². The van der Waals surface area contributed by atoms with E-state index in [1.54, 1.807) is 24.3 Å². The average molecular weight is 326 g/mol. The van der Waals surface area contributed by atoms with Crippen molar-refractivity contribution >= 4 is 22.6 Å². The number of aromatic hydroxyl groups is 1. The molecule has 0 aliphatic heterocycles. The number of hydrogen-bond acceptors (Lipinski definition) is 3. The van der Waals surface area contributed by atoms with Crippen LogP contribution in [0.4, 0.5) is 8.78 Å². The molecule has 0 saturated heterocycles. The quantitative estimate of drug-likeness (QED) is 0.760. The number of aromatic amines is 1. The topological polar surface area (TPSA) is 70.9 Å². The van der Waals surface area contributed by atoms with Gasteiger partial charge in [0.25, 0.3) is 6.43 Å². The molecule has 114 valence electrons. The molecule has 0 atom stereocenters. The number of fused-ring (bicyclic) bond motifs is 1. The highest BCUT2D eigenvalue weighted by Crippen LogP contribution is 2.33. The third kappa shape index (κ3) is 2.05. The number of H-pyrrole nitrogens is 1. The molecule has 2 heterocycles. The molecule has 0 amide bonds. The Morgan fingerprint density at radius 3 is 2.68 bits per heavy atom. The van der Waals surface area contributed by atoms with Crippen LogP contribution in [0.2, 0.25) is 5.02 Å². The molecule has 0 saturated carbocycles. The number of aromatic nitrogens is 3. The zero-order chi connectivity index (χ0) is 16.0. The molecule has 3 aromatic rings. The van der Waals surface area contributed by atoms with E-state index in [1.165, 1.54) is 7.05 Å². The standard InChI is InChI=1S/C14H10ClF2N3O2/c1-20-14-8(10(19-20)13(16)17)11(21)12(22)9(18-14)6-4-2-3-5-7(6)15/h2-5,13,22H,1H3,(H,18,21). The second-order valence-electron chi connectivity index (χ2n) is 4.69. The Hall–Kier alpha value is -2.41. The molecule has 0 unspecified atom stereocenters. The van der Waals surface area contributed by atoms with Crippen LogP contribution in [0.5, 0.6) is 5.75 Å². The van der Waals surface area contributed by atoms with Gasteiger partial charge in [0.05, 0.1) is 16.1 Å². The first-order valence-corrected chi connectivity index (χ1v) is 6.64. The van der Waals surface area contributed by atoms with Gasteiger partial charge in [-0.05, 0) is 6.07 Å². The fraction of sp³-hybridized carbons (Fsp3) is 0.143. The van der Waals surface area contributed by atoms with Gasteiger partial charge in [-0.2, -0.15) is 5.10 Å². The van der Waals surface area contributed by atoms with Gasteiger partial charge in [0.15, 0.2) is 5.75 Å². The molecular weight excluding hydrogens is 316 g/mol. The van der Waals surface area contributed by atoms with Crippen molar-refractivity contribution < 1.29 is 13.9 Å². The van der Waals surface area contributed by atoms with Gasteiger partial charge in [-0.15, -0.1) is 0 Å². The number of pyridine rings is 1. The summed E-state index contributed by atoms with van der Waals surface area (Å²) in [5.41, 5.74) is -1.03. The molecular formula is C14H10ClF2N3O2. The Kier molecular flexibility index (Phi) is 3.37. The molecule has 0 bridgehead atoms. The summed E-state index contributed by atoms with van der Waals surface area (Å²) in [6.45, 7) is 0. The molecule has 0 aliphatic carbocycles. The summed E-state index contributed by atoms with van der Waals surface area (Å²) in [6.07, 6.45) is -2.92. The van der Waals surface area contributed by atoms with Crippen molar-refractivity contribution in [2.75, 3.05) is 0 Å². The molecule has 2 N–H and O–H groups in total. The van der Waals surface area contributed by atoms with Crippen molar-refractivity contribution in [3.8, 4) is 17.0 Å². The van der Waals surface area contributed by atoms with E-state index in [-0.39, 0.29) is 16.7 Å². The summed E-state index contributed by atoms with van der Waals surface area (Å²) in [5.74, 6) is -0.671. The van der Waals surface area contributed by atoms with E-state index < -0.39 is 23.3 Å². The molecule has 3 rings (SSSR count). The van der Waals surface area contributed by atoms with E-state index in [0.717, 1.165) is 4.68 Å². The summed E-state index contributed by atoms with van der Waals surface area (Å²) in [6, 6.07) is 6.56. The fourth-order valence-corrected chi connectivity index (χ4v) is 2.56. The second kappa shape index (κ2) is 5.10. The minimum Gasteiger partial charge on any atom is -0.503 e.